The van der Waals surface area contributed by atoms with Crippen LogP contribution in [0.1, 0.15) is 25.0 Å². The molecule has 0 saturated carbocycles. The summed E-state index contributed by atoms with van der Waals surface area (Å²) in [4.78, 5) is 3.64. The first-order valence-corrected chi connectivity index (χ1v) is 11.1. The zero-order valence-corrected chi connectivity index (χ0v) is 18.7. The van der Waals surface area contributed by atoms with Crippen LogP contribution in [0.15, 0.2) is 29.2 Å². The molecule has 0 bridgehead atoms. The highest BCUT2D eigenvalue weighted by Gasteiger charge is 2.32. The second-order valence-electron chi connectivity index (χ2n) is 5.71. The van der Waals surface area contributed by atoms with Gasteiger partial charge in [-0.05, 0) is 43.7 Å². The van der Waals surface area contributed by atoms with E-state index in [1.54, 1.807) is 13.8 Å². The molecular weight excluding hydrogens is 492 g/mol. The van der Waals surface area contributed by atoms with E-state index in [9.17, 15) is 22.1 Å². The third kappa shape index (κ3) is 5.75. The van der Waals surface area contributed by atoms with Gasteiger partial charge in [-0.1, -0.05) is 34.8 Å². The lowest BCUT2D eigenvalue weighted by atomic mass is 10.1. The van der Waals surface area contributed by atoms with E-state index in [2.05, 4.69) is 4.98 Å². The molecule has 30 heavy (non-hydrogen) atoms. The number of halogens is 7. The van der Waals surface area contributed by atoms with Crippen molar-refractivity contribution in [1.29, 1.82) is 0 Å². The van der Waals surface area contributed by atoms with Crippen LogP contribution in [0.5, 0.6) is 0 Å². The number of rotatable bonds is 7. The SMILES string of the molecule is CCOP(=O)(OCC)C(Cl)=Cc1cc(-c2ncc(C(F)(F)F)cc2Cl)c(F)cc1Cl. The molecular formula is C18H15Cl3F4NO3P. The largest absolute Gasteiger partial charge is 0.417 e. The molecule has 0 fully saturated rings. The Hall–Kier alpha value is -1.15. The molecule has 1 heterocycles. The Bertz CT molecular complexity index is 1000. The minimum absolute atomic E-state index is 0.0504. The molecule has 0 spiro atoms. The normalized spacial score (nSPS) is 13.0. The summed E-state index contributed by atoms with van der Waals surface area (Å²) in [7, 11) is -3.82. The molecule has 0 atom stereocenters. The van der Waals surface area contributed by atoms with E-state index in [4.69, 9.17) is 43.9 Å². The Morgan fingerprint density at radius 3 is 2.23 bits per heavy atom. The van der Waals surface area contributed by atoms with Gasteiger partial charge in [0.15, 0.2) is 0 Å². The minimum atomic E-state index is -4.66. The van der Waals surface area contributed by atoms with E-state index in [0.717, 1.165) is 12.1 Å². The zero-order chi connectivity index (χ0) is 22.7. The maximum Gasteiger partial charge on any atom is 0.417 e. The van der Waals surface area contributed by atoms with Crippen LogP contribution >= 0.6 is 42.4 Å². The number of hydrogen-bond donors (Lipinski definition) is 0. The Morgan fingerprint density at radius 1 is 1.13 bits per heavy atom. The highest BCUT2D eigenvalue weighted by atomic mass is 35.5. The molecule has 0 amide bonds. The van der Waals surface area contributed by atoms with Crippen molar-refractivity contribution < 1.29 is 31.2 Å². The topological polar surface area (TPSA) is 48.4 Å². The maximum atomic E-state index is 14.5. The first-order chi connectivity index (χ1) is 13.9. The van der Waals surface area contributed by atoms with Gasteiger partial charge >= 0.3 is 13.8 Å². The molecule has 4 nitrogen and oxygen atoms in total. The van der Waals surface area contributed by atoms with Gasteiger partial charge in [0.05, 0.1) is 34.5 Å². The van der Waals surface area contributed by atoms with Gasteiger partial charge in [-0.25, -0.2) is 4.39 Å². The summed E-state index contributed by atoms with van der Waals surface area (Å²) >= 11 is 18.1. The van der Waals surface area contributed by atoms with Gasteiger partial charge in [-0.3, -0.25) is 9.55 Å². The third-order valence-corrected chi connectivity index (χ3v) is 6.84. The summed E-state index contributed by atoms with van der Waals surface area (Å²) < 4.78 is 75.6. The third-order valence-electron chi connectivity index (χ3n) is 3.64. The summed E-state index contributed by atoms with van der Waals surface area (Å²) in [6.45, 7) is 3.29. The van der Waals surface area contributed by atoms with Gasteiger partial charge in [0.1, 0.15) is 10.6 Å². The lowest BCUT2D eigenvalue weighted by Gasteiger charge is -2.16. The van der Waals surface area contributed by atoms with Gasteiger partial charge < -0.3 is 9.05 Å². The lowest BCUT2D eigenvalue weighted by molar-refractivity contribution is -0.137. The number of nitrogens with zero attached hydrogens (tertiary/aromatic N) is 1. The van der Waals surface area contributed by atoms with Crippen LogP contribution in [0.25, 0.3) is 17.3 Å². The van der Waals surface area contributed by atoms with Crippen molar-refractivity contribution in [3.63, 3.8) is 0 Å². The van der Waals surface area contributed by atoms with Crippen molar-refractivity contribution in [1.82, 2.24) is 4.98 Å². The van der Waals surface area contributed by atoms with Crippen LogP contribution in [0, 0.1) is 5.82 Å². The van der Waals surface area contributed by atoms with E-state index >= 15 is 0 Å². The Labute approximate surface area is 185 Å². The number of alkyl halides is 3. The summed E-state index contributed by atoms with van der Waals surface area (Å²) in [6, 6.07) is 2.72. The van der Waals surface area contributed by atoms with Crippen LogP contribution in [-0.4, -0.2) is 18.2 Å². The Morgan fingerprint density at radius 2 is 1.73 bits per heavy atom. The summed E-state index contributed by atoms with van der Waals surface area (Å²) in [5.74, 6) is -0.875. The summed E-state index contributed by atoms with van der Waals surface area (Å²) in [6.07, 6.45) is -2.96. The van der Waals surface area contributed by atoms with Crippen molar-refractivity contribution in [2.24, 2.45) is 0 Å². The molecule has 1 aromatic carbocycles. The second-order valence-corrected chi connectivity index (χ2v) is 9.18. The van der Waals surface area contributed by atoms with Gasteiger partial charge in [0.2, 0.25) is 0 Å². The van der Waals surface area contributed by atoms with Crippen molar-refractivity contribution in [3.8, 4) is 11.3 Å². The van der Waals surface area contributed by atoms with Gasteiger partial charge in [-0.15, -0.1) is 0 Å². The molecule has 0 N–H and O–H groups in total. The fourth-order valence-electron chi connectivity index (χ4n) is 2.36. The van der Waals surface area contributed by atoms with E-state index in [1.807, 2.05) is 0 Å². The van der Waals surface area contributed by atoms with Crippen LogP contribution in [0.4, 0.5) is 17.6 Å². The maximum absolute atomic E-state index is 14.5. The monoisotopic (exact) mass is 505 g/mol. The second kappa shape index (κ2) is 9.98. The Balaban J connectivity index is 2.57. The van der Waals surface area contributed by atoms with Crippen molar-refractivity contribution in [3.05, 3.63) is 56.2 Å². The fraction of sp³-hybridized carbons (Fsp3) is 0.278. The highest BCUT2D eigenvalue weighted by Crippen LogP contribution is 2.58. The van der Waals surface area contributed by atoms with Crippen LogP contribution in [0.3, 0.4) is 0 Å². The van der Waals surface area contributed by atoms with E-state index < -0.39 is 30.2 Å². The van der Waals surface area contributed by atoms with Gasteiger partial charge in [-0.2, -0.15) is 13.2 Å². The number of aromatic nitrogens is 1. The average Bonchev–Trinajstić information content (AvgIpc) is 2.63. The standard InChI is InChI=1S/C18H15Cl3F4NO3P/c1-3-28-30(27,29-4-2)16(21)6-10-5-12(15(22)8-13(10)19)17-14(20)7-11(9-26-17)18(23,24)25/h5-9H,3-4H2,1-2H3. The Kier molecular flexibility index (Phi) is 8.36. The predicted octanol–water partition coefficient (Wildman–Crippen LogP) is 8.02. The molecule has 12 heteroatoms. The fourth-order valence-corrected chi connectivity index (χ4v) is 4.54. The molecule has 164 valence electrons. The van der Waals surface area contributed by atoms with Crippen molar-refractivity contribution in [2.45, 2.75) is 20.0 Å². The highest BCUT2D eigenvalue weighted by molar-refractivity contribution is 7.61. The molecule has 2 rings (SSSR count). The van der Waals surface area contributed by atoms with Crippen LogP contribution < -0.4 is 0 Å². The molecule has 0 aliphatic rings. The van der Waals surface area contributed by atoms with Gasteiger partial charge in [0, 0.05) is 11.8 Å². The van der Waals surface area contributed by atoms with Gasteiger partial charge in [0.25, 0.3) is 0 Å². The zero-order valence-electron chi connectivity index (χ0n) is 15.6. The first-order valence-electron chi connectivity index (χ1n) is 8.42. The molecule has 0 aliphatic heterocycles. The molecule has 0 radical (unpaired) electrons. The average molecular weight is 507 g/mol. The van der Waals surface area contributed by atoms with Crippen LogP contribution in [-0.2, 0) is 19.8 Å². The first kappa shape index (κ1) is 25.1. The minimum Gasteiger partial charge on any atom is -0.305 e. The molecule has 0 saturated heterocycles. The number of benzene rings is 1. The molecule has 0 unspecified atom stereocenters. The molecule has 2 aromatic rings. The molecule has 1 aromatic heterocycles. The quantitative estimate of drug-likeness (QED) is 0.282. The summed E-state index contributed by atoms with van der Waals surface area (Å²) in [5.41, 5.74) is -1.43. The van der Waals surface area contributed by atoms with Crippen molar-refractivity contribution >= 4 is 48.5 Å². The number of hydrogen-bond acceptors (Lipinski definition) is 4. The number of pyridine rings is 1. The van der Waals surface area contributed by atoms with E-state index in [1.165, 1.54) is 6.07 Å². The van der Waals surface area contributed by atoms with Crippen LogP contribution in [0.2, 0.25) is 10.0 Å². The lowest BCUT2D eigenvalue weighted by Crippen LogP contribution is -2.06. The van der Waals surface area contributed by atoms with Crippen molar-refractivity contribution in [2.75, 3.05) is 13.2 Å². The smallest absolute Gasteiger partial charge is 0.305 e. The molecule has 0 aliphatic carbocycles. The predicted molar refractivity (Wildman–Crippen MR) is 109 cm³/mol. The van der Waals surface area contributed by atoms with E-state index in [-0.39, 0.29) is 39.8 Å². The summed E-state index contributed by atoms with van der Waals surface area (Å²) in [5, 5.41) is -0.515. The van der Waals surface area contributed by atoms with E-state index in [0.29, 0.717) is 12.3 Å².